The van der Waals surface area contributed by atoms with Crippen molar-refractivity contribution in [3.05, 3.63) is 0 Å². The third-order valence-corrected chi connectivity index (χ3v) is 3.56. The SMILES string of the molecule is CC(C)(C)CC1CCN(C(=O)CCOCCO)CC1. The van der Waals surface area contributed by atoms with Crippen LogP contribution in [0.4, 0.5) is 0 Å². The molecule has 1 fully saturated rings. The van der Waals surface area contributed by atoms with Crippen molar-refractivity contribution in [3.8, 4) is 0 Å². The molecule has 0 atom stereocenters. The highest BCUT2D eigenvalue weighted by Crippen LogP contribution is 2.30. The zero-order valence-corrected chi connectivity index (χ0v) is 12.7. The largest absolute Gasteiger partial charge is 0.394 e. The number of nitrogens with zero attached hydrogens (tertiary/aromatic N) is 1. The Morgan fingerprint density at radius 2 is 1.89 bits per heavy atom. The summed E-state index contributed by atoms with van der Waals surface area (Å²) in [4.78, 5) is 13.9. The van der Waals surface area contributed by atoms with Crippen LogP contribution in [0.3, 0.4) is 0 Å². The molecule has 0 radical (unpaired) electrons. The average Bonchev–Trinajstić information content (AvgIpc) is 2.33. The summed E-state index contributed by atoms with van der Waals surface area (Å²) in [6.45, 7) is 9.38. The lowest BCUT2D eigenvalue weighted by atomic mass is 9.80. The van der Waals surface area contributed by atoms with Gasteiger partial charge in [-0.3, -0.25) is 4.79 Å². The minimum Gasteiger partial charge on any atom is -0.394 e. The Bertz CT molecular complexity index is 265. The highest BCUT2D eigenvalue weighted by atomic mass is 16.5. The van der Waals surface area contributed by atoms with Gasteiger partial charge in [0.1, 0.15) is 0 Å². The molecule has 0 unspecified atom stereocenters. The fourth-order valence-corrected chi connectivity index (χ4v) is 2.74. The van der Waals surface area contributed by atoms with E-state index in [9.17, 15) is 4.79 Å². The Balaban J connectivity index is 2.20. The quantitative estimate of drug-likeness (QED) is 0.752. The molecule has 1 heterocycles. The Morgan fingerprint density at radius 3 is 2.42 bits per heavy atom. The molecule has 0 aromatic carbocycles. The van der Waals surface area contributed by atoms with Gasteiger partial charge in [-0.05, 0) is 30.6 Å². The van der Waals surface area contributed by atoms with Gasteiger partial charge in [-0.15, -0.1) is 0 Å². The molecule has 1 amide bonds. The normalized spacial score (nSPS) is 17.8. The van der Waals surface area contributed by atoms with Crippen LogP contribution in [0.1, 0.15) is 46.5 Å². The first kappa shape index (κ1) is 16.4. The highest BCUT2D eigenvalue weighted by molar-refractivity contribution is 5.76. The van der Waals surface area contributed by atoms with Gasteiger partial charge in [-0.2, -0.15) is 0 Å². The summed E-state index contributed by atoms with van der Waals surface area (Å²) in [6, 6.07) is 0. The van der Waals surface area contributed by atoms with Crippen LogP contribution in [0.5, 0.6) is 0 Å². The fraction of sp³-hybridized carbons (Fsp3) is 0.933. The average molecular weight is 271 g/mol. The summed E-state index contributed by atoms with van der Waals surface area (Å²) in [5, 5.41) is 8.58. The van der Waals surface area contributed by atoms with Gasteiger partial charge in [0.05, 0.1) is 26.2 Å². The van der Waals surface area contributed by atoms with E-state index in [4.69, 9.17) is 9.84 Å². The molecule has 1 saturated heterocycles. The Kier molecular flexibility index (Phi) is 6.80. The highest BCUT2D eigenvalue weighted by Gasteiger charge is 2.25. The van der Waals surface area contributed by atoms with Crippen molar-refractivity contribution in [2.75, 3.05) is 32.9 Å². The molecule has 1 aliphatic heterocycles. The summed E-state index contributed by atoms with van der Waals surface area (Å²) in [6.07, 6.45) is 3.93. The lowest BCUT2D eigenvalue weighted by Crippen LogP contribution is -2.39. The van der Waals surface area contributed by atoms with E-state index in [2.05, 4.69) is 20.8 Å². The minimum absolute atomic E-state index is 0.0202. The first-order valence-corrected chi connectivity index (χ1v) is 7.39. The number of carbonyl (C=O) groups is 1. The molecule has 4 heteroatoms. The number of ether oxygens (including phenoxy) is 1. The van der Waals surface area contributed by atoms with E-state index in [1.54, 1.807) is 0 Å². The molecular formula is C15H29NO3. The summed E-state index contributed by atoms with van der Waals surface area (Å²) in [5.41, 5.74) is 0.384. The first-order valence-electron chi connectivity index (χ1n) is 7.39. The summed E-state index contributed by atoms with van der Waals surface area (Å²) in [7, 11) is 0. The van der Waals surface area contributed by atoms with Gasteiger partial charge in [0.25, 0.3) is 0 Å². The van der Waals surface area contributed by atoms with Crippen LogP contribution >= 0.6 is 0 Å². The Hall–Kier alpha value is -0.610. The van der Waals surface area contributed by atoms with Crippen molar-refractivity contribution in [2.45, 2.75) is 46.5 Å². The standard InChI is InChI=1S/C15H29NO3/c1-15(2,3)12-13-4-7-16(8-5-13)14(18)6-10-19-11-9-17/h13,17H,4-12H2,1-3H3. The van der Waals surface area contributed by atoms with E-state index >= 15 is 0 Å². The summed E-state index contributed by atoms with van der Waals surface area (Å²) >= 11 is 0. The smallest absolute Gasteiger partial charge is 0.224 e. The zero-order chi connectivity index (χ0) is 14.3. The number of amides is 1. The summed E-state index contributed by atoms with van der Waals surface area (Å²) < 4.78 is 5.13. The van der Waals surface area contributed by atoms with E-state index in [1.165, 1.54) is 6.42 Å². The van der Waals surface area contributed by atoms with Crippen LogP contribution in [0.25, 0.3) is 0 Å². The third-order valence-electron chi connectivity index (χ3n) is 3.56. The van der Waals surface area contributed by atoms with E-state index in [0.29, 0.717) is 25.0 Å². The number of aliphatic hydroxyl groups is 1. The van der Waals surface area contributed by atoms with Gasteiger partial charge in [-0.1, -0.05) is 20.8 Å². The molecule has 112 valence electrons. The van der Waals surface area contributed by atoms with Gasteiger partial charge in [-0.25, -0.2) is 0 Å². The number of rotatable bonds is 6. The van der Waals surface area contributed by atoms with Crippen LogP contribution in [0, 0.1) is 11.3 Å². The second-order valence-electron chi connectivity index (χ2n) is 6.67. The lowest BCUT2D eigenvalue weighted by Gasteiger charge is -2.35. The van der Waals surface area contributed by atoms with E-state index in [0.717, 1.165) is 31.8 Å². The van der Waals surface area contributed by atoms with Crippen molar-refractivity contribution < 1.29 is 14.6 Å². The van der Waals surface area contributed by atoms with Gasteiger partial charge >= 0.3 is 0 Å². The van der Waals surface area contributed by atoms with Gasteiger partial charge in [0, 0.05) is 13.1 Å². The molecule has 1 rings (SSSR count). The molecular weight excluding hydrogens is 242 g/mol. The summed E-state index contributed by atoms with van der Waals surface area (Å²) in [5.74, 6) is 0.946. The van der Waals surface area contributed by atoms with Gasteiger partial charge in [0.2, 0.25) is 5.91 Å². The molecule has 0 bridgehead atoms. The first-order chi connectivity index (χ1) is 8.92. The predicted molar refractivity (Wildman–Crippen MR) is 75.9 cm³/mol. The Morgan fingerprint density at radius 1 is 1.26 bits per heavy atom. The second kappa shape index (κ2) is 7.85. The zero-order valence-electron chi connectivity index (χ0n) is 12.7. The number of likely N-dealkylation sites (tertiary alicyclic amines) is 1. The van der Waals surface area contributed by atoms with Crippen LogP contribution in [-0.4, -0.2) is 48.8 Å². The monoisotopic (exact) mass is 271 g/mol. The molecule has 0 aromatic heterocycles. The molecule has 1 aliphatic rings. The number of hydrogen-bond donors (Lipinski definition) is 1. The molecule has 0 saturated carbocycles. The molecule has 0 spiro atoms. The molecule has 19 heavy (non-hydrogen) atoms. The number of hydrogen-bond acceptors (Lipinski definition) is 3. The number of aliphatic hydroxyl groups excluding tert-OH is 1. The van der Waals surface area contributed by atoms with Gasteiger partial charge in [0.15, 0.2) is 0 Å². The lowest BCUT2D eigenvalue weighted by molar-refractivity contribution is -0.133. The maximum atomic E-state index is 11.9. The molecule has 1 N–H and O–H groups in total. The Labute approximate surface area is 117 Å². The van der Waals surface area contributed by atoms with Crippen LogP contribution in [0.15, 0.2) is 0 Å². The van der Waals surface area contributed by atoms with E-state index in [-0.39, 0.29) is 12.5 Å². The molecule has 4 nitrogen and oxygen atoms in total. The predicted octanol–water partition coefficient (Wildman–Crippen LogP) is 2.06. The molecule has 0 aliphatic carbocycles. The van der Waals surface area contributed by atoms with Crippen LogP contribution in [0.2, 0.25) is 0 Å². The maximum absolute atomic E-state index is 11.9. The number of piperidine rings is 1. The maximum Gasteiger partial charge on any atom is 0.224 e. The topological polar surface area (TPSA) is 49.8 Å². The molecule has 0 aromatic rings. The second-order valence-corrected chi connectivity index (χ2v) is 6.67. The van der Waals surface area contributed by atoms with Crippen molar-refractivity contribution in [3.63, 3.8) is 0 Å². The van der Waals surface area contributed by atoms with Crippen molar-refractivity contribution in [2.24, 2.45) is 11.3 Å². The minimum atomic E-state index is 0.0202. The van der Waals surface area contributed by atoms with Gasteiger partial charge < -0.3 is 14.7 Å². The van der Waals surface area contributed by atoms with E-state index < -0.39 is 0 Å². The van der Waals surface area contributed by atoms with Crippen molar-refractivity contribution in [1.82, 2.24) is 4.90 Å². The van der Waals surface area contributed by atoms with Crippen LogP contribution in [-0.2, 0) is 9.53 Å². The third kappa shape index (κ3) is 6.92. The van der Waals surface area contributed by atoms with Crippen molar-refractivity contribution >= 4 is 5.91 Å². The van der Waals surface area contributed by atoms with Crippen molar-refractivity contribution in [1.29, 1.82) is 0 Å². The fourth-order valence-electron chi connectivity index (χ4n) is 2.74. The van der Waals surface area contributed by atoms with Crippen LogP contribution < -0.4 is 0 Å². The number of carbonyl (C=O) groups excluding carboxylic acids is 1. The van der Waals surface area contributed by atoms with E-state index in [1.807, 2.05) is 4.90 Å².